The van der Waals surface area contributed by atoms with Crippen LogP contribution < -0.4 is 0 Å². The Kier molecular flexibility index (Phi) is 2.68. The molecule has 0 saturated carbocycles. The van der Waals surface area contributed by atoms with Gasteiger partial charge in [-0.05, 0) is 26.0 Å². The van der Waals surface area contributed by atoms with Crippen LogP contribution in [0.4, 0.5) is 0 Å². The van der Waals surface area contributed by atoms with Gasteiger partial charge in [-0.2, -0.15) is 5.10 Å². The largest absolute Gasteiger partial charge is 0.287 e. The molecule has 0 atom stereocenters. The minimum atomic E-state index is 0.0544. The van der Waals surface area contributed by atoms with Gasteiger partial charge in [-0.15, -0.1) is 11.3 Å². The van der Waals surface area contributed by atoms with Gasteiger partial charge in [0.05, 0.1) is 0 Å². The summed E-state index contributed by atoms with van der Waals surface area (Å²) in [7, 11) is 0. The summed E-state index contributed by atoms with van der Waals surface area (Å²) in [6.07, 6.45) is 1.66. The summed E-state index contributed by atoms with van der Waals surface area (Å²) in [6, 6.07) is 3.68. The average Bonchev–Trinajstić information content (AvgIpc) is 2.84. The summed E-state index contributed by atoms with van der Waals surface area (Å²) in [5.74, 6) is 0.0544. The van der Waals surface area contributed by atoms with Gasteiger partial charge in [0.1, 0.15) is 5.69 Å². The molecule has 4 heteroatoms. The normalized spacial score (nSPS) is 10.5. The predicted molar refractivity (Wildman–Crippen MR) is 60.4 cm³/mol. The van der Waals surface area contributed by atoms with E-state index in [2.05, 4.69) is 5.10 Å². The highest BCUT2D eigenvalue weighted by Crippen LogP contribution is 2.16. The van der Waals surface area contributed by atoms with Crippen molar-refractivity contribution < 1.29 is 4.79 Å². The van der Waals surface area contributed by atoms with Gasteiger partial charge >= 0.3 is 0 Å². The van der Waals surface area contributed by atoms with Gasteiger partial charge in [0.2, 0.25) is 5.78 Å². The molecule has 0 amide bonds. The Morgan fingerprint density at radius 2 is 2.40 bits per heavy atom. The van der Waals surface area contributed by atoms with Crippen molar-refractivity contribution in [3.63, 3.8) is 0 Å². The van der Waals surface area contributed by atoms with Crippen molar-refractivity contribution >= 4 is 17.1 Å². The standard InChI is InChI=1S/C11H12N2OS/c1-3-13-10(4-5-12-13)11(14)9-6-8(2)15-7-9/h4-7H,3H2,1-2H3. The van der Waals surface area contributed by atoms with Crippen LogP contribution in [-0.2, 0) is 6.54 Å². The molecule has 0 aliphatic rings. The second-order valence-corrected chi connectivity index (χ2v) is 4.42. The van der Waals surface area contributed by atoms with E-state index in [1.807, 2.05) is 25.3 Å². The van der Waals surface area contributed by atoms with Crippen LogP contribution in [0.3, 0.4) is 0 Å². The summed E-state index contributed by atoms with van der Waals surface area (Å²) < 4.78 is 1.72. The predicted octanol–water partition coefficient (Wildman–Crippen LogP) is 2.50. The maximum Gasteiger partial charge on any atom is 0.211 e. The Morgan fingerprint density at radius 3 is 3.00 bits per heavy atom. The van der Waals surface area contributed by atoms with Crippen molar-refractivity contribution in [2.45, 2.75) is 20.4 Å². The van der Waals surface area contributed by atoms with Crippen molar-refractivity contribution in [2.24, 2.45) is 0 Å². The maximum atomic E-state index is 12.0. The van der Waals surface area contributed by atoms with Crippen LogP contribution in [0.5, 0.6) is 0 Å². The molecule has 3 nitrogen and oxygen atoms in total. The van der Waals surface area contributed by atoms with E-state index in [-0.39, 0.29) is 5.78 Å². The van der Waals surface area contributed by atoms with Crippen LogP contribution in [0.1, 0.15) is 27.9 Å². The van der Waals surface area contributed by atoms with Gasteiger partial charge in [0, 0.05) is 28.6 Å². The maximum absolute atomic E-state index is 12.0. The number of rotatable bonds is 3. The van der Waals surface area contributed by atoms with Gasteiger partial charge in [-0.25, -0.2) is 0 Å². The Hall–Kier alpha value is -1.42. The summed E-state index contributed by atoms with van der Waals surface area (Å²) in [6.45, 7) is 4.69. The monoisotopic (exact) mass is 220 g/mol. The molecule has 2 aromatic rings. The number of hydrogen-bond donors (Lipinski definition) is 0. The van der Waals surface area contributed by atoms with Gasteiger partial charge in [-0.1, -0.05) is 0 Å². The van der Waals surface area contributed by atoms with Gasteiger partial charge in [0.15, 0.2) is 0 Å². The topological polar surface area (TPSA) is 34.9 Å². The average molecular weight is 220 g/mol. The molecule has 0 radical (unpaired) electrons. The molecular formula is C11H12N2OS. The zero-order valence-electron chi connectivity index (χ0n) is 8.73. The molecule has 0 aromatic carbocycles. The van der Waals surface area contributed by atoms with Crippen LogP contribution in [0.25, 0.3) is 0 Å². The lowest BCUT2D eigenvalue weighted by molar-refractivity contribution is 0.102. The van der Waals surface area contributed by atoms with Gasteiger partial charge < -0.3 is 0 Å². The minimum Gasteiger partial charge on any atom is -0.287 e. The molecule has 0 N–H and O–H groups in total. The van der Waals surface area contributed by atoms with E-state index in [1.54, 1.807) is 28.3 Å². The lowest BCUT2D eigenvalue weighted by Gasteiger charge is -2.01. The van der Waals surface area contributed by atoms with E-state index < -0.39 is 0 Å². The first kappa shape index (κ1) is 10.1. The number of nitrogens with zero attached hydrogens (tertiary/aromatic N) is 2. The molecule has 0 aliphatic heterocycles. The third kappa shape index (κ3) is 1.85. The fourth-order valence-electron chi connectivity index (χ4n) is 1.49. The third-order valence-electron chi connectivity index (χ3n) is 2.24. The molecule has 2 rings (SSSR count). The molecule has 0 spiro atoms. The second-order valence-electron chi connectivity index (χ2n) is 3.31. The summed E-state index contributed by atoms with van der Waals surface area (Å²) in [5, 5.41) is 5.98. The summed E-state index contributed by atoms with van der Waals surface area (Å²) in [4.78, 5) is 13.2. The smallest absolute Gasteiger partial charge is 0.211 e. The molecule has 0 unspecified atom stereocenters. The summed E-state index contributed by atoms with van der Waals surface area (Å²) >= 11 is 1.59. The van der Waals surface area contributed by atoms with Crippen LogP contribution in [0.15, 0.2) is 23.7 Å². The second kappa shape index (κ2) is 3.98. The van der Waals surface area contributed by atoms with Crippen molar-refractivity contribution in [3.05, 3.63) is 39.8 Å². The molecule has 2 heterocycles. The van der Waals surface area contributed by atoms with Gasteiger partial charge in [0.25, 0.3) is 0 Å². The SMILES string of the molecule is CCn1nccc1C(=O)c1csc(C)c1. The number of aromatic nitrogens is 2. The number of aryl methyl sites for hydroxylation is 2. The van der Waals surface area contributed by atoms with E-state index >= 15 is 0 Å². The van der Waals surface area contributed by atoms with E-state index in [4.69, 9.17) is 0 Å². The first-order valence-electron chi connectivity index (χ1n) is 4.84. The fourth-order valence-corrected chi connectivity index (χ4v) is 2.17. The van der Waals surface area contributed by atoms with E-state index in [1.165, 1.54) is 0 Å². The highest BCUT2D eigenvalue weighted by molar-refractivity contribution is 7.10. The van der Waals surface area contributed by atoms with Crippen LogP contribution >= 0.6 is 11.3 Å². The quantitative estimate of drug-likeness (QED) is 0.745. The van der Waals surface area contributed by atoms with Gasteiger partial charge in [-0.3, -0.25) is 9.48 Å². The lowest BCUT2D eigenvalue weighted by Crippen LogP contribution is -2.09. The first-order valence-corrected chi connectivity index (χ1v) is 5.72. The van der Waals surface area contributed by atoms with Crippen molar-refractivity contribution in [1.29, 1.82) is 0 Å². The van der Waals surface area contributed by atoms with Crippen LogP contribution in [-0.4, -0.2) is 15.6 Å². The van der Waals surface area contributed by atoms with E-state index in [0.717, 1.165) is 17.0 Å². The Balaban J connectivity index is 2.36. The van der Waals surface area contributed by atoms with Crippen LogP contribution in [0.2, 0.25) is 0 Å². The van der Waals surface area contributed by atoms with E-state index in [0.29, 0.717) is 5.69 Å². The molecule has 0 aliphatic carbocycles. The number of thiophene rings is 1. The van der Waals surface area contributed by atoms with Crippen LogP contribution in [0, 0.1) is 6.92 Å². The molecule has 0 saturated heterocycles. The molecule has 0 fully saturated rings. The molecule has 2 aromatic heterocycles. The lowest BCUT2D eigenvalue weighted by atomic mass is 10.1. The zero-order chi connectivity index (χ0) is 10.8. The zero-order valence-corrected chi connectivity index (χ0v) is 9.54. The fraction of sp³-hybridized carbons (Fsp3) is 0.273. The minimum absolute atomic E-state index is 0.0544. The number of hydrogen-bond acceptors (Lipinski definition) is 3. The van der Waals surface area contributed by atoms with Crippen molar-refractivity contribution in [2.75, 3.05) is 0 Å². The highest BCUT2D eigenvalue weighted by Gasteiger charge is 2.14. The van der Waals surface area contributed by atoms with Crippen molar-refractivity contribution in [3.8, 4) is 0 Å². The number of carbonyl (C=O) groups is 1. The first-order chi connectivity index (χ1) is 7.22. The van der Waals surface area contributed by atoms with E-state index in [9.17, 15) is 4.79 Å². The van der Waals surface area contributed by atoms with Crippen molar-refractivity contribution in [1.82, 2.24) is 9.78 Å². The summed E-state index contributed by atoms with van der Waals surface area (Å²) in [5.41, 5.74) is 1.42. The Labute approximate surface area is 92.4 Å². The Bertz CT molecular complexity index is 484. The number of carbonyl (C=O) groups excluding carboxylic acids is 1. The highest BCUT2D eigenvalue weighted by atomic mass is 32.1. The third-order valence-corrected chi connectivity index (χ3v) is 3.10. The molecule has 0 bridgehead atoms. The molecule has 78 valence electrons. The molecular weight excluding hydrogens is 208 g/mol. The number of ketones is 1. The molecule has 15 heavy (non-hydrogen) atoms. The Morgan fingerprint density at radius 1 is 1.60 bits per heavy atom.